The summed E-state index contributed by atoms with van der Waals surface area (Å²) in [6.45, 7) is 0.376. The number of hydrogen-bond acceptors (Lipinski definition) is 5. The molecular formula is C13H10N2O2S2. The molecule has 0 unspecified atom stereocenters. The Morgan fingerprint density at radius 2 is 2.32 bits per heavy atom. The van der Waals surface area contributed by atoms with Crippen molar-refractivity contribution in [3.63, 3.8) is 0 Å². The van der Waals surface area contributed by atoms with Crippen molar-refractivity contribution in [1.82, 2.24) is 10.3 Å². The van der Waals surface area contributed by atoms with Gasteiger partial charge in [0.25, 0.3) is 5.91 Å². The molecule has 1 N–H and O–H groups in total. The summed E-state index contributed by atoms with van der Waals surface area (Å²) in [6.07, 6.45) is 0. The van der Waals surface area contributed by atoms with Crippen molar-refractivity contribution in [2.24, 2.45) is 0 Å². The monoisotopic (exact) mass is 290 g/mol. The fourth-order valence-corrected chi connectivity index (χ4v) is 2.79. The third-order valence-electron chi connectivity index (χ3n) is 2.51. The van der Waals surface area contributed by atoms with Crippen molar-refractivity contribution >= 4 is 28.6 Å². The number of furan rings is 1. The molecule has 6 heteroatoms. The average Bonchev–Trinajstić information content (AvgIpc) is 3.14. The first-order chi connectivity index (χ1) is 9.33. The normalized spacial score (nSPS) is 10.5. The average molecular weight is 290 g/mol. The van der Waals surface area contributed by atoms with E-state index in [1.54, 1.807) is 11.6 Å². The number of thiophene rings is 1. The molecule has 96 valence electrons. The van der Waals surface area contributed by atoms with Crippen molar-refractivity contribution in [2.45, 2.75) is 6.54 Å². The zero-order valence-corrected chi connectivity index (χ0v) is 11.5. The molecule has 0 bridgehead atoms. The minimum atomic E-state index is -0.0818. The van der Waals surface area contributed by atoms with Gasteiger partial charge in [-0.05, 0) is 23.6 Å². The SMILES string of the molecule is O=C(NCc1ccc(-c2cscn2)o1)c1cccs1. The van der Waals surface area contributed by atoms with Crippen LogP contribution in [0.4, 0.5) is 0 Å². The van der Waals surface area contributed by atoms with Crippen LogP contribution in [0.5, 0.6) is 0 Å². The highest BCUT2D eigenvalue weighted by atomic mass is 32.1. The number of carbonyl (C=O) groups is 1. The Hall–Kier alpha value is -1.92. The van der Waals surface area contributed by atoms with E-state index in [0.717, 1.165) is 11.5 Å². The van der Waals surface area contributed by atoms with Crippen LogP contribution in [0, 0.1) is 0 Å². The maximum atomic E-state index is 11.8. The highest BCUT2D eigenvalue weighted by Crippen LogP contribution is 2.21. The molecule has 0 aliphatic rings. The van der Waals surface area contributed by atoms with Gasteiger partial charge in [0.15, 0.2) is 5.76 Å². The Balaban J connectivity index is 1.63. The van der Waals surface area contributed by atoms with Crippen LogP contribution in [0.2, 0.25) is 0 Å². The number of hydrogen-bond donors (Lipinski definition) is 1. The van der Waals surface area contributed by atoms with Gasteiger partial charge in [-0.2, -0.15) is 0 Å². The first-order valence-corrected chi connectivity index (χ1v) is 7.44. The van der Waals surface area contributed by atoms with Crippen LogP contribution in [-0.4, -0.2) is 10.9 Å². The fourth-order valence-electron chi connectivity index (χ4n) is 1.61. The second-order valence-corrected chi connectivity index (χ2v) is 5.47. The molecule has 0 aliphatic heterocycles. The lowest BCUT2D eigenvalue weighted by atomic mass is 10.3. The van der Waals surface area contributed by atoms with Crippen LogP contribution in [0.1, 0.15) is 15.4 Å². The van der Waals surface area contributed by atoms with Crippen LogP contribution in [-0.2, 0) is 6.54 Å². The van der Waals surface area contributed by atoms with E-state index in [-0.39, 0.29) is 5.91 Å². The molecule has 3 heterocycles. The lowest BCUT2D eigenvalue weighted by Gasteiger charge is -2.00. The van der Waals surface area contributed by atoms with Crippen molar-refractivity contribution < 1.29 is 9.21 Å². The summed E-state index contributed by atoms with van der Waals surface area (Å²) < 4.78 is 5.63. The molecule has 1 amide bonds. The maximum absolute atomic E-state index is 11.8. The topological polar surface area (TPSA) is 55.1 Å². The molecule has 0 atom stereocenters. The quantitative estimate of drug-likeness (QED) is 0.801. The fraction of sp³-hybridized carbons (Fsp3) is 0.0769. The number of nitrogens with one attached hydrogen (secondary N) is 1. The Kier molecular flexibility index (Phi) is 3.43. The molecule has 0 saturated carbocycles. The van der Waals surface area contributed by atoms with Crippen molar-refractivity contribution in [2.75, 3.05) is 0 Å². The molecule has 0 aromatic carbocycles. The molecule has 4 nitrogen and oxygen atoms in total. The Bertz CT molecular complexity index is 657. The zero-order valence-electron chi connectivity index (χ0n) is 9.83. The number of rotatable bonds is 4. The van der Waals surface area contributed by atoms with E-state index in [9.17, 15) is 4.79 Å². The van der Waals surface area contributed by atoms with Crippen molar-refractivity contribution in [3.8, 4) is 11.5 Å². The van der Waals surface area contributed by atoms with E-state index in [2.05, 4.69) is 10.3 Å². The minimum Gasteiger partial charge on any atom is -0.458 e. The molecule has 0 fully saturated rings. The minimum absolute atomic E-state index is 0.0818. The molecule has 3 aromatic heterocycles. The lowest BCUT2D eigenvalue weighted by Crippen LogP contribution is -2.21. The summed E-state index contributed by atoms with van der Waals surface area (Å²) in [5, 5.41) is 6.62. The van der Waals surface area contributed by atoms with Gasteiger partial charge >= 0.3 is 0 Å². The third-order valence-corrected chi connectivity index (χ3v) is 3.97. The molecule has 0 aliphatic carbocycles. The first-order valence-electron chi connectivity index (χ1n) is 5.62. The lowest BCUT2D eigenvalue weighted by molar-refractivity contribution is 0.0952. The molecular weight excluding hydrogens is 280 g/mol. The summed E-state index contributed by atoms with van der Waals surface area (Å²) in [7, 11) is 0. The Labute approximate surface area is 117 Å². The predicted molar refractivity (Wildman–Crippen MR) is 75.3 cm³/mol. The van der Waals surface area contributed by atoms with Crippen LogP contribution in [0.15, 0.2) is 45.0 Å². The first kappa shape index (κ1) is 12.1. The molecule has 0 spiro atoms. The number of amides is 1. The highest BCUT2D eigenvalue weighted by molar-refractivity contribution is 7.12. The van der Waals surface area contributed by atoms with Crippen molar-refractivity contribution in [1.29, 1.82) is 0 Å². The van der Waals surface area contributed by atoms with E-state index < -0.39 is 0 Å². The van der Waals surface area contributed by atoms with E-state index in [4.69, 9.17) is 4.42 Å². The van der Waals surface area contributed by atoms with Crippen LogP contribution in [0.3, 0.4) is 0 Å². The third kappa shape index (κ3) is 2.74. The van der Waals surface area contributed by atoms with Gasteiger partial charge in [0.2, 0.25) is 0 Å². The summed E-state index contributed by atoms with van der Waals surface area (Å²) >= 11 is 2.94. The molecule has 0 radical (unpaired) electrons. The van der Waals surface area contributed by atoms with Gasteiger partial charge in [0.1, 0.15) is 11.5 Å². The summed E-state index contributed by atoms with van der Waals surface area (Å²) in [4.78, 5) is 16.6. The van der Waals surface area contributed by atoms with Gasteiger partial charge in [-0.15, -0.1) is 22.7 Å². The van der Waals surface area contributed by atoms with Crippen LogP contribution >= 0.6 is 22.7 Å². The molecule has 3 aromatic rings. The highest BCUT2D eigenvalue weighted by Gasteiger charge is 2.09. The molecule has 0 saturated heterocycles. The zero-order chi connectivity index (χ0) is 13.1. The smallest absolute Gasteiger partial charge is 0.261 e. The second-order valence-electron chi connectivity index (χ2n) is 3.80. The van der Waals surface area contributed by atoms with Gasteiger partial charge in [-0.3, -0.25) is 4.79 Å². The summed E-state index contributed by atoms with van der Waals surface area (Å²) in [5.74, 6) is 1.36. The van der Waals surface area contributed by atoms with Crippen LogP contribution < -0.4 is 5.32 Å². The van der Waals surface area contributed by atoms with Gasteiger partial charge in [-0.1, -0.05) is 6.07 Å². The van der Waals surface area contributed by atoms with Crippen molar-refractivity contribution in [3.05, 3.63) is 51.2 Å². The Morgan fingerprint density at radius 3 is 3.05 bits per heavy atom. The maximum Gasteiger partial charge on any atom is 0.261 e. The Morgan fingerprint density at radius 1 is 1.37 bits per heavy atom. The van der Waals surface area contributed by atoms with Gasteiger partial charge in [0.05, 0.1) is 16.9 Å². The number of nitrogens with zero attached hydrogens (tertiary/aromatic N) is 1. The molecule has 3 rings (SSSR count). The number of thiazole rings is 1. The number of aromatic nitrogens is 1. The largest absolute Gasteiger partial charge is 0.458 e. The van der Waals surface area contributed by atoms with E-state index in [1.165, 1.54) is 22.7 Å². The van der Waals surface area contributed by atoms with Crippen LogP contribution in [0.25, 0.3) is 11.5 Å². The number of carbonyl (C=O) groups excluding carboxylic acids is 1. The van der Waals surface area contributed by atoms with E-state index >= 15 is 0 Å². The van der Waals surface area contributed by atoms with E-state index in [1.807, 2.05) is 29.0 Å². The van der Waals surface area contributed by atoms with Gasteiger partial charge < -0.3 is 9.73 Å². The predicted octanol–water partition coefficient (Wildman–Crippen LogP) is 3.39. The molecule has 19 heavy (non-hydrogen) atoms. The summed E-state index contributed by atoms with van der Waals surface area (Å²) in [6, 6.07) is 7.36. The standard InChI is InChI=1S/C13H10N2O2S2/c16-13(12-2-1-5-19-12)14-6-9-3-4-11(17-9)10-7-18-8-15-10/h1-5,7-8H,6H2,(H,14,16). The summed E-state index contributed by atoms with van der Waals surface area (Å²) in [5.41, 5.74) is 2.58. The van der Waals surface area contributed by atoms with Gasteiger partial charge in [0, 0.05) is 5.38 Å². The second kappa shape index (κ2) is 5.38. The van der Waals surface area contributed by atoms with E-state index in [0.29, 0.717) is 17.2 Å². The van der Waals surface area contributed by atoms with Gasteiger partial charge in [-0.25, -0.2) is 4.98 Å².